The molecule has 2 saturated heterocycles. The number of halogens is 1. The Balaban J connectivity index is 1.68. The number of pyridine rings is 1. The zero-order chi connectivity index (χ0) is 14.3. The summed E-state index contributed by atoms with van der Waals surface area (Å²) in [6, 6.07) is 6.85. The summed E-state index contributed by atoms with van der Waals surface area (Å²) in [6.45, 7) is 3.16. The molecule has 0 bridgehead atoms. The lowest BCUT2D eigenvalue weighted by atomic mass is 9.88. The van der Waals surface area contributed by atoms with Crippen molar-refractivity contribution in [3.63, 3.8) is 0 Å². The SMILES string of the molecule is Fc1ccc2c(N3CC[C@@]4(CCCCN4)C3)nccc2c1. The third-order valence-electron chi connectivity index (χ3n) is 4.94. The smallest absolute Gasteiger partial charge is 0.136 e. The molecule has 2 aliphatic heterocycles. The summed E-state index contributed by atoms with van der Waals surface area (Å²) in [4.78, 5) is 6.93. The molecule has 4 rings (SSSR count). The molecule has 2 fully saturated rings. The van der Waals surface area contributed by atoms with Crippen LogP contribution in [0, 0.1) is 5.82 Å². The molecule has 1 aromatic heterocycles. The topological polar surface area (TPSA) is 28.2 Å². The lowest BCUT2D eigenvalue weighted by Gasteiger charge is -2.35. The highest BCUT2D eigenvalue weighted by atomic mass is 19.1. The predicted molar refractivity (Wildman–Crippen MR) is 83.1 cm³/mol. The molecule has 0 amide bonds. The van der Waals surface area contributed by atoms with Crippen molar-refractivity contribution in [2.24, 2.45) is 0 Å². The molecule has 4 heteroatoms. The van der Waals surface area contributed by atoms with Crippen LogP contribution in [-0.4, -0.2) is 30.2 Å². The highest BCUT2D eigenvalue weighted by Gasteiger charge is 2.39. The van der Waals surface area contributed by atoms with Gasteiger partial charge in [0.25, 0.3) is 0 Å². The molecule has 3 heterocycles. The van der Waals surface area contributed by atoms with Crippen LogP contribution in [0.15, 0.2) is 30.5 Å². The summed E-state index contributed by atoms with van der Waals surface area (Å²) in [7, 11) is 0. The first-order valence-corrected chi connectivity index (χ1v) is 7.80. The normalized spacial score (nSPS) is 25.9. The molecule has 21 heavy (non-hydrogen) atoms. The van der Waals surface area contributed by atoms with Gasteiger partial charge in [-0.05, 0) is 55.5 Å². The van der Waals surface area contributed by atoms with E-state index in [1.807, 2.05) is 12.1 Å². The first-order chi connectivity index (χ1) is 10.3. The molecule has 0 unspecified atom stereocenters. The van der Waals surface area contributed by atoms with Crippen molar-refractivity contribution >= 4 is 16.6 Å². The van der Waals surface area contributed by atoms with E-state index in [2.05, 4.69) is 15.2 Å². The molecule has 1 aromatic carbocycles. The van der Waals surface area contributed by atoms with Gasteiger partial charge in [-0.3, -0.25) is 0 Å². The highest BCUT2D eigenvalue weighted by molar-refractivity contribution is 5.92. The fraction of sp³-hybridized carbons (Fsp3) is 0.471. The molecule has 2 aromatic rings. The monoisotopic (exact) mass is 285 g/mol. The maximum atomic E-state index is 13.4. The molecule has 2 aliphatic rings. The molecule has 0 radical (unpaired) electrons. The van der Waals surface area contributed by atoms with E-state index in [0.717, 1.165) is 36.2 Å². The summed E-state index contributed by atoms with van der Waals surface area (Å²) in [6.07, 6.45) is 6.81. The van der Waals surface area contributed by atoms with Crippen molar-refractivity contribution in [1.29, 1.82) is 0 Å². The number of hydrogen-bond donors (Lipinski definition) is 1. The number of rotatable bonds is 1. The summed E-state index contributed by atoms with van der Waals surface area (Å²) in [5.41, 5.74) is 0.266. The molecule has 0 saturated carbocycles. The number of anilines is 1. The Bertz CT molecular complexity index is 664. The predicted octanol–water partition coefficient (Wildman–Crippen LogP) is 3.10. The zero-order valence-electron chi connectivity index (χ0n) is 12.1. The van der Waals surface area contributed by atoms with Crippen LogP contribution in [-0.2, 0) is 0 Å². The van der Waals surface area contributed by atoms with E-state index in [9.17, 15) is 4.39 Å². The number of hydrogen-bond acceptors (Lipinski definition) is 3. The second-order valence-electron chi connectivity index (χ2n) is 6.34. The zero-order valence-corrected chi connectivity index (χ0v) is 12.1. The standard InChI is InChI=1S/C17H20FN3/c18-14-3-4-15-13(11-14)5-9-19-16(15)21-10-7-17(12-21)6-1-2-8-20-17/h3-5,9,11,20H,1-2,6-8,10,12H2/t17-/m0/s1. The van der Waals surface area contributed by atoms with Gasteiger partial charge in [-0.1, -0.05) is 6.42 Å². The fourth-order valence-electron chi connectivity index (χ4n) is 3.82. The van der Waals surface area contributed by atoms with Gasteiger partial charge in [0, 0.05) is 30.2 Å². The van der Waals surface area contributed by atoms with Crippen molar-refractivity contribution in [1.82, 2.24) is 10.3 Å². The molecular formula is C17H20FN3. The molecule has 110 valence electrons. The molecule has 0 aliphatic carbocycles. The number of nitrogens with one attached hydrogen (secondary N) is 1. The van der Waals surface area contributed by atoms with Gasteiger partial charge in [-0.2, -0.15) is 0 Å². The number of fused-ring (bicyclic) bond motifs is 1. The molecule has 1 atom stereocenters. The van der Waals surface area contributed by atoms with Crippen molar-refractivity contribution in [3.8, 4) is 0 Å². The Labute approximate surface area is 124 Å². The van der Waals surface area contributed by atoms with Crippen molar-refractivity contribution in [2.45, 2.75) is 31.2 Å². The minimum Gasteiger partial charge on any atom is -0.354 e. The van der Waals surface area contributed by atoms with E-state index < -0.39 is 0 Å². The van der Waals surface area contributed by atoms with E-state index >= 15 is 0 Å². The van der Waals surface area contributed by atoms with Gasteiger partial charge in [-0.15, -0.1) is 0 Å². The van der Waals surface area contributed by atoms with Crippen LogP contribution in [0.2, 0.25) is 0 Å². The summed E-state index contributed by atoms with van der Waals surface area (Å²) in [5, 5.41) is 5.70. The van der Waals surface area contributed by atoms with Gasteiger partial charge in [0.2, 0.25) is 0 Å². The number of nitrogens with zero attached hydrogens (tertiary/aromatic N) is 2. The molecular weight excluding hydrogens is 265 g/mol. The second kappa shape index (κ2) is 4.95. The van der Waals surface area contributed by atoms with E-state index in [0.29, 0.717) is 0 Å². The number of benzene rings is 1. The van der Waals surface area contributed by atoms with Crippen molar-refractivity contribution < 1.29 is 4.39 Å². The molecule has 1 spiro atoms. The van der Waals surface area contributed by atoms with Crippen LogP contribution in [0.4, 0.5) is 10.2 Å². The lowest BCUT2D eigenvalue weighted by Crippen LogP contribution is -2.50. The second-order valence-corrected chi connectivity index (χ2v) is 6.34. The van der Waals surface area contributed by atoms with Crippen LogP contribution >= 0.6 is 0 Å². The van der Waals surface area contributed by atoms with Gasteiger partial charge in [0.15, 0.2) is 0 Å². The maximum absolute atomic E-state index is 13.4. The van der Waals surface area contributed by atoms with Gasteiger partial charge in [-0.25, -0.2) is 9.37 Å². The quantitative estimate of drug-likeness (QED) is 0.872. The average molecular weight is 285 g/mol. The average Bonchev–Trinajstić information content (AvgIpc) is 2.90. The highest BCUT2D eigenvalue weighted by Crippen LogP contribution is 2.34. The Morgan fingerprint density at radius 3 is 3.00 bits per heavy atom. The summed E-state index contributed by atoms with van der Waals surface area (Å²) >= 11 is 0. The minimum absolute atomic E-state index is 0.188. The van der Waals surface area contributed by atoms with Gasteiger partial charge in [0.05, 0.1) is 0 Å². The summed E-state index contributed by atoms with van der Waals surface area (Å²) < 4.78 is 13.4. The maximum Gasteiger partial charge on any atom is 0.136 e. The van der Waals surface area contributed by atoms with Crippen LogP contribution in [0.5, 0.6) is 0 Å². The van der Waals surface area contributed by atoms with Crippen LogP contribution in [0.1, 0.15) is 25.7 Å². The van der Waals surface area contributed by atoms with Crippen molar-refractivity contribution in [2.75, 3.05) is 24.5 Å². The summed E-state index contributed by atoms with van der Waals surface area (Å²) in [5.74, 6) is 0.809. The van der Waals surface area contributed by atoms with E-state index in [-0.39, 0.29) is 11.4 Å². The van der Waals surface area contributed by atoms with Gasteiger partial charge < -0.3 is 10.2 Å². The van der Waals surface area contributed by atoms with E-state index in [1.165, 1.54) is 31.7 Å². The first kappa shape index (κ1) is 13.0. The van der Waals surface area contributed by atoms with Crippen LogP contribution in [0.3, 0.4) is 0 Å². The van der Waals surface area contributed by atoms with E-state index in [4.69, 9.17) is 0 Å². The van der Waals surface area contributed by atoms with Crippen molar-refractivity contribution in [3.05, 3.63) is 36.3 Å². The third kappa shape index (κ3) is 2.27. The van der Waals surface area contributed by atoms with Crippen LogP contribution < -0.4 is 10.2 Å². The van der Waals surface area contributed by atoms with Crippen LogP contribution in [0.25, 0.3) is 10.8 Å². The minimum atomic E-state index is -0.188. The number of aromatic nitrogens is 1. The Morgan fingerprint density at radius 1 is 1.19 bits per heavy atom. The van der Waals surface area contributed by atoms with Gasteiger partial charge in [0.1, 0.15) is 11.6 Å². The molecule has 1 N–H and O–H groups in total. The lowest BCUT2D eigenvalue weighted by molar-refractivity contribution is 0.280. The third-order valence-corrected chi connectivity index (χ3v) is 4.94. The Morgan fingerprint density at radius 2 is 2.14 bits per heavy atom. The fourth-order valence-corrected chi connectivity index (χ4v) is 3.82. The largest absolute Gasteiger partial charge is 0.354 e. The first-order valence-electron chi connectivity index (χ1n) is 7.80. The van der Waals surface area contributed by atoms with Gasteiger partial charge >= 0.3 is 0 Å². The Kier molecular flexibility index (Phi) is 3.07. The Hall–Kier alpha value is -1.68. The molecule has 3 nitrogen and oxygen atoms in total. The van der Waals surface area contributed by atoms with E-state index in [1.54, 1.807) is 12.3 Å². The number of piperidine rings is 1.